The van der Waals surface area contributed by atoms with Crippen LogP contribution in [0.2, 0.25) is 5.02 Å². The summed E-state index contributed by atoms with van der Waals surface area (Å²) in [5, 5.41) is 4.64. The number of aromatic amines is 1. The Morgan fingerprint density at radius 2 is 2.07 bits per heavy atom. The lowest BCUT2D eigenvalue weighted by Crippen LogP contribution is -2.37. The SMILES string of the molecule is COc1ccc(N2CCC(C(=O)NCCc3c[nH]c4ccc(Cl)cc34)C2=O)cc1. The van der Waals surface area contributed by atoms with Crippen molar-refractivity contribution in [2.75, 3.05) is 25.1 Å². The Balaban J connectivity index is 1.35. The molecule has 1 fully saturated rings. The Bertz CT molecular complexity index is 1050. The molecule has 2 amide bonds. The highest BCUT2D eigenvalue weighted by Gasteiger charge is 2.37. The highest BCUT2D eigenvalue weighted by molar-refractivity contribution is 6.31. The zero-order valence-electron chi connectivity index (χ0n) is 16.1. The van der Waals surface area contributed by atoms with Crippen molar-refractivity contribution in [3.63, 3.8) is 0 Å². The van der Waals surface area contributed by atoms with Gasteiger partial charge in [0, 0.05) is 40.9 Å². The van der Waals surface area contributed by atoms with Gasteiger partial charge in [0.1, 0.15) is 11.7 Å². The molecule has 2 heterocycles. The van der Waals surface area contributed by atoms with Gasteiger partial charge in [-0.3, -0.25) is 9.59 Å². The third-order valence-corrected chi connectivity index (χ3v) is 5.56. The quantitative estimate of drug-likeness (QED) is 0.609. The Morgan fingerprint density at radius 3 is 2.83 bits per heavy atom. The van der Waals surface area contributed by atoms with E-state index in [0.717, 1.165) is 27.9 Å². The molecule has 3 aromatic rings. The predicted molar refractivity (Wildman–Crippen MR) is 113 cm³/mol. The Labute approximate surface area is 173 Å². The number of methoxy groups -OCH3 is 1. The number of aromatic nitrogens is 1. The fourth-order valence-corrected chi connectivity index (χ4v) is 3.91. The summed E-state index contributed by atoms with van der Waals surface area (Å²) in [6.45, 7) is 0.995. The van der Waals surface area contributed by atoms with Crippen LogP contribution in [0.1, 0.15) is 12.0 Å². The second kappa shape index (κ2) is 8.17. The smallest absolute Gasteiger partial charge is 0.239 e. The molecule has 2 aromatic carbocycles. The number of amides is 2. The summed E-state index contributed by atoms with van der Waals surface area (Å²) in [6, 6.07) is 13.0. The number of anilines is 1. The van der Waals surface area contributed by atoms with Gasteiger partial charge >= 0.3 is 0 Å². The Kier molecular flexibility index (Phi) is 5.45. The third kappa shape index (κ3) is 3.93. The van der Waals surface area contributed by atoms with Crippen molar-refractivity contribution in [3.8, 4) is 5.75 Å². The van der Waals surface area contributed by atoms with Crippen molar-refractivity contribution in [3.05, 3.63) is 59.2 Å². The molecule has 0 saturated carbocycles. The van der Waals surface area contributed by atoms with Gasteiger partial charge in [0.2, 0.25) is 11.8 Å². The fourth-order valence-electron chi connectivity index (χ4n) is 3.74. The molecular formula is C22H22ClN3O3. The van der Waals surface area contributed by atoms with Gasteiger partial charge < -0.3 is 19.9 Å². The molecule has 29 heavy (non-hydrogen) atoms. The van der Waals surface area contributed by atoms with E-state index in [4.69, 9.17) is 16.3 Å². The number of rotatable bonds is 6. The van der Waals surface area contributed by atoms with Crippen LogP contribution >= 0.6 is 11.6 Å². The van der Waals surface area contributed by atoms with E-state index in [0.29, 0.717) is 31.0 Å². The Morgan fingerprint density at radius 1 is 1.28 bits per heavy atom. The van der Waals surface area contributed by atoms with Gasteiger partial charge in [-0.1, -0.05) is 11.6 Å². The molecule has 1 aliphatic heterocycles. The standard InChI is InChI=1S/C22H22ClN3O3/c1-29-17-5-3-16(4-6-17)26-11-9-18(22(26)28)21(27)24-10-8-14-13-25-20-7-2-15(23)12-19(14)20/h2-7,12-13,18,25H,8-11H2,1H3,(H,24,27). The first-order chi connectivity index (χ1) is 14.1. The number of H-pyrrole nitrogens is 1. The van der Waals surface area contributed by atoms with E-state index in [1.54, 1.807) is 12.0 Å². The maximum Gasteiger partial charge on any atom is 0.239 e. The Hall–Kier alpha value is -2.99. The van der Waals surface area contributed by atoms with Crippen LogP contribution < -0.4 is 15.0 Å². The molecule has 150 valence electrons. The average molecular weight is 412 g/mol. The van der Waals surface area contributed by atoms with Crippen molar-refractivity contribution < 1.29 is 14.3 Å². The zero-order chi connectivity index (χ0) is 20.4. The van der Waals surface area contributed by atoms with E-state index in [2.05, 4.69) is 10.3 Å². The van der Waals surface area contributed by atoms with Gasteiger partial charge in [0.05, 0.1) is 7.11 Å². The van der Waals surface area contributed by atoms with Crippen LogP contribution in [0.25, 0.3) is 10.9 Å². The fraction of sp³-hybridized carbons (Fsp3) is 0.273. The molecule has 1 saturated heterocycles. The number of carbonyl (C=O) groups excluding carboxylic acids is 2. The summed E-state index contributed by atoms with van der Waals surface area (Å²) in [5.74, 6) is -0.293. The summed E-state index contributed by atoms with van der Waals surface area (Å²) in [7, 11) is 1.60. The molecule has 1 aromatic heterocycles. The third-order valence-electron chi connectivity index (χ3n) is 5.33. The first kappa shape index (κ1) is 19.3. The molecule has 0 radical (unpaired) electrons. The first-order valence-corrected chi connectivity index (χ1v) is 9.93. The van der Waals surface area contributed by atoms with Crippen molar-refractivity contribution in [1.82, 2.24) is 10.3 Å². The highest BCUT2D eigenvalue weighted by atomic mass is 35.5. The predicted octanol–water partition coefficient (Wildman–Crippen LogP) is 3.54. The lowest BCUT2D eigenvalue weighted by atomic mass is 10.1. The molecule has 0 aliphatic carbocycles. The molecule has 4 rings (SSSR count). The van der Waals surface area contributed by atoms with Crippen LogP contribution in [0.15, 0.2) is 48.7 Å². The van der Waals surface area contributed by atoms with Gasteiger partial charge in [0.15, 0.2) is 0 Å². The van der Waals surface area contributed by atoms with E-state index in [9.17, 15) is 9.59 Å². The molecule has 7 heteroatoms. The van der Waals surface area contributed by atoms with E-state index < -0.39 is 5.92 Å². The second-order valence-corrected chi connectivity index (χ2v) is 7.51. The number of carbonyl (C=O) groups is 2. The van der Waals surface area contributed by atoms with E-state index in [-0.39, 0.29) is 11.8 Å². The summed E-state index contributed by atoms with van der Waals surface area (Å²) in [6.07, 6.45) is 3.11. The molecule has 0 bridgehead atoms. The number of hydrogen-bond acceptors (Lipinski definition) is 3. The van der Waals surface area contributed by atoms with Crippen LogP contribution in [-0.2, 0) is 16.0 Å². The largest absolute Gasteiger partial charge is 0.497 e. The van der Waals surface area contributed by atoms with Crippen LogP contribution in [0.4, 0.5) is 5.69 Å². The second-order valence-electron chi connectivity index (χ2n) is 7.07. The number of nitrogens with zero attached hydrogens (tertiary/aromatic N) is 1. The van der Waals surface area contributed by atoms with E-state index in [1.807, 2.05) is 48.7 Å². The number of hydrogen-bond donors (Lipinski definition) is 2. The van der Waals surface area contributed by atoms with Gasteiger partial charge in [0.25, 0.3) is 0 Å². The number of ether oxygens (including phenoxy) is 1. The average Bonchev–Trinajstić information content (AvgIpc) is 3.31. The van der Waals surface area contributed by atoms with Crippen molar-refractivity contribution in [2.24, 2.45) is 5.92 Å². The normalized spacial score (nSPS) is 16.4. The maximum atomic E-state index is 12.7. The molecule has 1 unspecified atom stereocenters. The lowest BCUT2D eigenvalue weighted by Gasteiger charge is -2.17. The molecule has 0 spiro atoms. The lowest BCUT2D eigenvalue weighted by molar-refractivity contribution is -0.132. The van der Waals surface area contributed by atoms with Crippen LogP contribution in [0.3, 0.4) is 0 Å². The van der Waals surface area contributed by atoms with E-state index in [1.165, 1.54) is 0 Å². The minimum Gasteiger partial charge on any atom is -0.497 e. The van der Waals surface area contributed by atoms with Crippen LogP contribution in [0, 0.1) is 5.92 Å². The summed E-state index contributed by atoms with van der Waals surface area (Å²) < 4.78 is 5.15. The molecule has 1 aliphatic rings. The monoisotopic (exact) mass is 411 g/mol. The van der Waals surface area contributed by atoms with Gasteiger partial charge in [-0.15, -0.1) is 0 Å². The number of nitrogens with one attached hydrogen (secondary N) is 2. The van der Waals surface area contributed by atoms with Crippen molar-refractivity contribution in [1.29, 1.82) is 0 Å². The summed E-state index contributed by atoms with van der Waals surface area (Å²) >= 11 is 6.08. The topological polar surface area (TPSA) is 74.4 Å². The van der Waals surface area contributed by atoms with Gasteiger partial charge in [-0.25, -0.2) is 0 Å². The zero-order valence-corrected chi connectivity index (χ0v) is 16.8. The first-order valence-electron chi connectivity index (χ1n) is 9.55. The molecule has 2 N–H and O–H groups in total. The molecule has 1 atom stereocenters. The number of halogens is 1. The van der Waals surface area contributed by atoms with Crippen molar-refractivity contribution >= 4 is 40.0 Å². The van der Waals surface area contributed by atoms with Crippen LogP contribution in [-0.4, -0.2) is 37.0 Å². The van der Waals surface area contributed by atoms with Crippen molar-refractivity contribution in [2.45, 2.75) is 12.8 Å². The van der Waals surface area contributed by atoms with Gasteiger partial charge in [-0.05, 0) is 60.9 Å². The maximum absolute atomic E-state index is 12.7. The highest BCUT2D eigenvalue weighted by Crippen LogP contribution is 2.27. The minimum absolute atomic E-state index is 0.161. The van der Waals surface area contributed by atoms with E-state index >= 15 is 0 Å². The molecular weight excluding hydrogens is 390 g/mol. The van der Waals surface area contributed by atoms with Crippen LogP contribution in [0.5, 0.6) is 5.75 Å². The molecule has 6 nitrogen and oxygen atoms in total. The summed E-state index contributed by atoms with van der Waals surface area (Å²) in [5.41, 5.74) is 2.87. The number of fused-ring (bicyclic) bond motifs is 1. The minimum atomic E-state index is -0.644. The number of benzene rings is 2. The van der Waals surface area contributed by atoms with Gasteiger partial charge in [-0.2, -0.15) is 0 Å². The summed E-state index contributed by atoms with van der Waals surface area (Å²) in [4.78, 5) is 30.2.